The van der Waals surface area contributed by atoms with Crippen LogP contribution in [0.5, 0.6) is 0 Å². The summed E-state index contributed by atoms with van der Waals surface area (Å²) < 4.78 is 5.35. The van der Waals surface area contributed by atoms with Crippen LogP contribution in [0, 0.1) is 6.92 Å². The van der Waals surface area contributed by atoms with Crippen molar-refractivity contribution in [1.29, 1.82) is 0 Å². The lowest BCUT2D eigenvalue weighted by atomic mass is 10.1. The second-order valence-electron chi connectivity index (χ2n) is 6.44. The first-order valence-electron chi connectivity index (χ1n) is 8.44. The standard InChI is InChI=1S/C20H18ClN3O2/c1-12-6-7-17-13(8-12)9-18(23-17)20(25)22-11-14-10-19(26-24-14)15-4-2-3-5-16(15)21/h2-8,10,18,23H,9,11H2,1H3,(H,22,25). The van der Waals surface area contributed by atoms with E-state index in [-0.39, 0.29) is 11.9 Å². The van der Waals surface area contributed by atoms with Gasteiger partial charge in [0.15, 0.2) is 5.76 Å². The van der Waals surface area contributed by atoms with Crippen molar-refractivity contribution >= 4 is 23.2 Å². The maximum Gasteiger partial charge on any atom is 0.243 e. The van der Waals surface area contributed by atoms with Gasteiger partial charge in [-0.25, -0.2) is 0 Å². The van der Waals surface area contributed by atoms with E-state index in [0.29, 0.717) is 29.4 Å². The number of aryl methyl sites for hydroxylation is 1. The third-order valence-corrected chi connectivity index (χ3v) is 4.80. The molecule has 0 saturated carbocycles. The Morgan fingerprint density at radius 3 is 3.00 bits per heavy atom. The predicted octanol–water partition coefficient (Wildman–Crippen LogP) is 3.96. The molecule has 132 valence electrons. The van der Waals surface area contributed by atoms with Gasteiger partial charge in [0.05, 0.1) is 11.6 Å². The fourth-order valence-electron chi connectivity index (χ4n) is 3.13. The van der Waals surface area contributed by atoms with Crippen LogP contribution >= 0.6 is 11.6 Å². The Morgan fingerprint density at radius 1 is 1.31 bits per heavy atom. The number of anilines is 1. The molecule has 0 aliphatic carbocycles. The van der Waals surface area contributed by atoms with Gasteiger partial charge in [-0.3, -0.25) is 4.79 Å². The lowest BCUT2D eigenvalue weighted by molar-refractivity contribution is -0.121. The van der Waals surface area contributed by atoms with Crippen LogP contribution in [-0.4, -0.2) is 17.1 Å². The normalized spacial score (nSPS) is 15.4. The average Bonchev–Trinajstić information content (AvgIpc) is 3.26. The number of fused-ring (bicyclic) bond motifs is 1. The quantitative estimate of drug-likeness (QED) is 0.732. The highest BCUT2D eigenvalue weighted by molar-refractivity contribution is 6.33. The highest BCUT2D eigenvalue weighted by atomic mass is 35.5. The van der Waals surface area contributed by atoms with Gasteiger partial charge >= 0.3 is 0 Å². The lowest BCUT2D eigenvalue weighted by Crippen LogP contribution is -2.38. The van der Waals surface area contributed by atoms with Crippen LogP contribution in [0.25, 0.3) is 11.3 Å². The molecule has 2 heterocycles. The van der Waals surface area contributed by atoms with Crippen molar-refractivity contribution in [2.24, 2.45) is 0 Å². The van der Waals surface area contributed by atoms with Crippen LogP contribution in [0.4, 0.5) is 5.69 Å². The number of benzene rings is 2. The molecule has 1 aliphatic heterocycles. The third-order valence-electron chi connectivity index (χ3n) is 4.47. The number of carbonyl (C=O) groups is 1. The molecule has 0 fully saturated rings. The molecule has 0 saturated heterocycles. The van der Waals surface area contributed by atoms with E-state index in [0.717, 1.165) is 11.3 Å². The molecule has 5 nitrogen and oxygen atoms in total. The van der Waals surface area contributed by atoms with Gasteiger partial charge in [-0.2, -0.15) is 0 Å². The van der Waals surface area contributed by atoms with Crippen LogP contribution in [0.3, 0.4) is 0 Å². The molecule has 1 amide bonds. The summed E-state index contributed by atoms with van der Waals surface area (Å²) in [5, 5.41) is 10.8. The van der Waals surface area contributed by atoms with E-state index in [1.54, 1.807) is 12.1 Å². The Balaban J connectivity index is 1.38. The van der Waals surface area contributed by atoms with E-state index in [4.69, 9.17) is 16.1 Å². The average molecular weight is 368 g/mol. The zero-order valence-corrected chi connectivity index (χ0v) is 15.0. The molecule has 2 N–H and O–H groups in total. The number of carbonyl (C=O) groups excluding carboxylic acids is 1. The topological polar surface area (TPSA) is 67.2 Å². The highest BCUT2D eigenvalue weighted by Crippen LogP contribution is 2.28. The van der Waals surface area contributed by atoms with Gasteiger partial charge in [0.1, 0.15) is 11.7 Å². The predicted molar refractivity (Wildman–Crippen MR) is 101 cm³/mol. The number of nitrogens with one attached hydrogen (secondary N) is 2. The van der Waals surface area contributed by atoms with Crippen molar-refractivity contribution in [3.05, 3.63) is 70.4 Å². The zero-order chi connectivity index (χ0) is 18.1. The molecule has 3 aromatic rings. The Kier molecular flexibility index (Phi) is 4.39. The maximum atomic E-state index is 12.4. The van der Waals surface area contributed by atoms with Crippen LogP contribution in [0.1, 0.15) is 16.8 Å². The summed E-state index contributed by atoms with van der Waals surface area (Å²) in [6.07, 6.45) is 0.687. The monoisotopic (exact) mass is 367 g/mol. The molecule has 0 radical (unpaired) electrons. The summed E-state index contributed by atoms with van der Waals surface area (Å²) in [6.45, 7) is 2.36. The third kappa shape index (κ3) is 3.30. The summed E-state index contributed by atoms with van der Waals surface area (Å²) in [7, 11) is 0. The number of aromatic nitrogens is 1. The summed E-state index contributed by atoms with van der Waals surface area (Å²) in [4.78, 5) is 12.4. The van der Waals surface area contributed by atoms with E-state index in [2.05, 4.69) is 28.8 Å². The van der Waals surface area contributed by atoms with Crippen LogP contribution in [0.15, 0.2) is 53.1 Å². The second-order valence-corrected chi connectivity index (χ2v) is 6.85. The van der Waals surface area contributed by atoms with Gasteiger partial charge in [-0.15, -0.1) is 0 Å². The van der Waals surface area contributed by atoms with Crippen LogP contribution in [0.2, 0.25) is 5.02 Å². The minimum Gasteiger partial charge on any atom is -0.373 e. The molecule has 26 heavy (non-hydrogen) atoms. The van der Waals surface area contributed by atoms with Crippen molar-refractivity contribution in [3.63, 3.8) is 0 Å². The maximum absolute atomic E-state index is 12.4. The number of rotatable bonds is 4. The number of amides is 1. The Labute approximate surface area is 156 Å². The van der Waals surface area contributed by atoms with E-state index >= 15 is 0 Å². The minimum atomic E-state index is -0.262. The van der Waals surface area contributed by atoms with Crippen molar-refractivity contribution in [2.45, 2.75) is 25.9 Å². The Morgan fingerprint density at radius 2 is 2.15 bits per heavy atom. The number of halogens is 1. The van der Waals surface area contributed by atoms with Crippen molar-refractivity contribution in [2.75, 3.05) is 5.32 Å². The Bertz CT molecular complexity index is 967. The molecule has 1 aliphatic rings. The smallest absolute Gasteiger partial charge is 0.243 e. The van der Waals surface area contributed by atoms with E-state index in [9.17, 15) is 4.79 Å². The van der Waals surface area contributed by atoms with Gasteiger partial charge < -0.3 is 15.2 Å². The van der Waals surface area contributed by atoms with E-state index < -0.39 is 0 Å². The number of nitrogens with zero attached hydrogens (tertiary/aromatic N) is 1. The van der Waals surface area contributed by atoms with E-state index in [1.165, 1.54) is 11.1 Å². The minimum absolute atomic E-state index is 0.0545. The van der Waals surface area contributed by atoms with Gasteiger partial charge in [-0.05, 0) is 30.7 Å². The van der Waals surface area contributed by atoms with Crippen LogP contribution in [-0.2, 0) is 17.8 Å². The summed E-state index contributed by atoms with van der Waals surface area (Å²) in [5.74, 6) is 0.530. The summed E-state index contributed by atoms with van der Waals surface area (Å²) in [5.41, 5.74) is 4.83. The summed E-state index contributed by atoms with van der Waals surface area (Å²) >= 11 is 6.17. The summed E-state index contributed by atoms with van der Waals surface area (Å²) in [6, 6.07) is 15.1. The molecule has 0 spiro atoms. The van der Waals surface area contributed by atoms with Gasteiger partial charge in [0.25, 0.3) is 0 Å². The fraction of sp³-hybridized carbons (Fsp3) is 0.200. The van der Waals surface area contributed by atoms with Crippen LogP contribution < -0.4 is 10.6 Å². The zero-order valence-electron chi connectivity index (χ0n) is 14.3. The first-order chi connectivity index (χ1) is 12.6. The molecular formula is C20H18ClN3O2. The molecule has 0 bridgehead atoms. The van der Waals surface area contributed by atoms with Gasteiger partial charge in [0.2, 0.25) is 5.91 Å². The molecule has 1 unspecified atom stereocenters. The highest BCUT2D eigenvalue weighted by Gasteiger charge is 2.26. The number of hydrogen-bond acceptors (Lipinski definition) is 4. The van der Waals surface area contributed by atoms with E-state index in [1.807, 2.05) is 30.3 Å². The largest absolute Gasteiger partial charge is 0.373 e. The molecule has 2 aromatic carbocycles. The van der Waals surface area contributed by atoms with Gasteiger partial charge in [-0.1, -0.05) is 46.6 Å². The second kappa shape index (κ2) is 6.84. The van der Waals surface area contributed by atoms with Gasteiger partial charge in [0, 0.05) is 23.7 Å². The molecule has 6 heteroatoms. The van der Waals surface area contributed by atoms with Crippen molar-refractivity contribution in [1.82, 2.24) is 10.5 Å². The molecular weight excluding hydrogens is 350 g/mol. The lowest BCUT2D eigenvalue weighted by Gasteiger charge is -2.10. The first-order valence-corrected chi connectivity index (χ1v) is 8.82. The molecule has 4 rings (SSSR count). The SMILES string of the molecule is Cc1ccc2c(c1)CC(C(=O)NCc1cc(-c3ccccc3Cl)on1)N2. The molecule has 1 atom stereocenters. The number of hydrogen-bond donors (Lipinski definition) is 2. The van der Waals surface area contributed by atoms with Crippen molar-refractivity contribution in [3.8, 4) is 11.3 Å². The molecule has 1 aromatic heterocycles. The fourth-order valence-corrected chi connectivity index (χ4v) is 3.36. The Hall–Kier alpha value is -2.79. The van der Waals surface area contributed by atoms with Crippen molar-refractivity contribution < 1.29 is 9.32 Å². The first kappa shape index (κ1) is 16.7.